The number of pyridine rings is 1. The van der Waals surface area contributed by atoms with Crippen LogP contribution in [0.3, 0.4) is 0 Å². The summed E-state index contributed by atoms with van der Waals surface area (Å²) in [5.74, 6) is 0.517. The fourth-order valence-corrected chi connectivity index (χ4v) is 2.46. The van der Waals surface area contributed by atoms with Crippen LogP contribution in [-0.4, -0.2) is 14.8 Å². The number of benzene rings is 1. The van der Waals surface area contributed by atoms with Gasteiger partial charge in [-0.05, 0) is 42.7 Å². The Balaban J connectivity index is 2.08. The molecule has 0 aliphatic carbocycles. The topological polar surface area (TPSA) is 30.7 Å². The fourth-order valence-electron chi connectivity index (χ4n) is 2.46. The van der Waals surface area contributed by atoms with Crippen LogP contribution in [-0.2, 0) is 6.54 Å². The summed E-state index contributed by atoms with van der Waals surface area (Å²) >= 11 is 0. The van der Waals surface area contributed by atoms with E-state index in [9.17, 15) is 0 Å². The molecule has 0 bridgehead atoms. The molecule has 0 aliphatic heterocycles. The van der Waals surface area contributed by atoms with Gasteiger partial charge in [-0.1, -0.05) is 19.9 Å². The quantitative estimate of drug-likeness (QED) is 0.709. The number of hydrogen-bond acceptors (Lipinski definition) is 2. The van der Waals surface area contributed by atoms with Crippen LogP contribution in [0, 0.1) is 0 Å². The molecule has 0 fully saturated rings. The molecule has 0 amide bonds. The fraction of sp³-hybridized carbons (Fsp3) is 0.294. The highest BCUT2D eigenvalue weighted by Gasteiger charge is 2.06. The van der Waals surface area contributed by atoms with Gasteiger partial charge >= 0.3 is 0 Å². The molecule has 0 atom stereocenters. The van der Waals surface area contributed by atoms with Crippen LogP contribution in [0.15, 0.2) is 42.7 Å². The van der Waals surface area contributed by atoms with E-state index in [1.54, 1.807) is 0 Å². The lowest BCUT2D eigenvalue weighted by atomic mass is 10.0. The van der Waals surface area contributed by atoms with Gasteiger partial charge in [0.15, 0.2) is 0 Å². The van der Waals surface area contributed by atoms with Gasteiger partial charge in [-0.25, -0.2) is 0 Å². The Hall–Kier alpha value is -2.16. The Labute approximate surface area is 119 Å². The van der Waals surface area contributed by atoms with Gasteiger partial charge in [0.25, 0.3) is 0 Å². The van der Waals surface area contributed by atoms with Gasteiger partial charge in [-0.2, -0.15) is 5.10 Å². The van der Waals surface area contributed by atoms with Gasteiger partial charge in [0, 0.05) is 23.7 Å². The smallest absolute Gasteiger partial charge is 0.0705 e. The molecule has 3 aromatic rings. The minimum atomic E-state index is 0.517. The van der Waals surface area contributed by atoms with Gasteiger partial charge in [0.05, 0.1) is 17.4 Å². The van der Waals surface area contributed by atoms with Gasteiger partial charge in [0.1, 0.15) is 0 Å². The molecule has 20 heavy (non-hydrogen) atoms. The van der Waals surface area contributed by atoms with Gasteiger partial charge < -0.3 is 0 Å². The molecule has 1 aromatic carbocycles. The van der Waals surface area contributed by atoms with Gasteiger partial charge in [0.2, 0.25) is 0 Å². The van der Waals surface area contributed by atoms with Crippen molar-refractivity contribution in [2.24, 2.45) is 0 Å². The number of rotatable bonds is 3. The van der Waals surface area contributed by atoms with E-state index < -0.39 is 0 Å². The molecule has 2 heterocycles. The molecule has 0 N–H and O–H groups in total. The number of nitrogens with zero attached hydrogens (tertiary/aromatic N) is 3. The molecule has 2 aromatic heterocycles. The maximum Gasteiger partial charge on any atom is 0.0705 e. The minimum absolute atomic E-state index is 0.517. The van der Waals surface area contributed by atoms with Crippen molar-refractivity contribution in [3.8, 4) is 11.3 Å². The highest BCUT2D eigenvalue weighted by Crippen LogP contribution is 2.25. The Bertz CT molecular complexity index is 741. The van der Waals surface area contributed by atoms with E-state index in [4.69, 9.17) is 0 Å². The highest BCUT2D eigenvalue weighted by atomic mass is 15.3. The predicted molar refractivity (Wildman–Crippen MR) is 82.7 cm³/mol. The van der Waals surface area contributed by atoms with E-state index in [0.717, 1.165) is 17.8 Å². The van der Waals surface area contributed by atoms with E-state index in [1.807, 2.05) is 17.1 Å². The molecule has 102 valence electrons. The van der Waals surface area contributed by atoms with Crippen molar-refractivity contribution >= 4 is 10.9 Å². The standard InChI is InChI=1S/C17H19N3/c1-4-20-17-6-5-14(9-15(17)11-19-20)16-10-13(12(2)3)7-8-18-16/h5-12H,4H2,1-3H3. The molecule has 0 saturated carbocycles. The average molecular weight is 265 g/mol. The van der Waals surface area contributed by atoms with Crippen molar-refractivity contribution < 1.29 is 0 Å². The lowest BCUT2D eigenvalue weighted by Crippen LogP contribution is -1.95. The van der Waals surface area contributed by atoms with E-state index >= 15 is 0 Å². The second-order valence-corrected chi connectivity index (χ2v) is 5.36. The third-order valence-electron chi connectivity index (χ3n) is 3.69. The van der Waals surface area contributed by atoms with Crippen LogP contribution in [0.2, 0.25) is 0 Å². The summed E-state index contributed by atoms with van der Waals surface area (Å²) in [6.07, 6.45) is 3.82. The van der Waals surface area contributed by atoms with Crippen LogP contribution < -0.4 is 0 Å². The zero-order valence-electron chi connectivity index (χ0n) is 12.2. The maximum absolute atomic E-state index is 4.50. The first kappa shape index (κ1) is 12.9. The largest absolute Gasteiger partial charge is 0.265 e. The average Bonchev–Trinajstić information content (AvgIpc) is 2.89. The molecule has 0 radical (unpaired) electrons. The maximum atomic E-state index is 4.50. The summed E-state index contributed by atoms with van der Waals surface area (Å²) in [5, 5.41) is 5.56. The monoisotopic (exact) mass is 265 g/mol. The molecule has 0 spiro atoms. The van der Waals surface area contributed by atoms with Crippen LogP contribution in [0.25, 0.3) is 22.2 Å². The molecule has 0 aliphatic rings. The predicted octanol–water partition coefficient (Wildman–Crippen LogP) is 4.24. The van der Waals surface area contributed by atoms with Crippen molar-refractivity contribution in [1.82, 2.24) is 14.8 Å². The lowest BCUT2D eigenvalue weighted by Gasteiger charge is -2.08. The summed E-state index contributed by atoms with van der Waals surface area (Å²) in [4.78, 5) is 4.50. The van der Waals surface area contributed by atoms with E-state index in [-0.39, 0.29) is 0 Å². The van der Waals surface area contributed by atoms with Crippen molar-refractivity contribution in [3.63, 3.8) is 0 Å². The summed E-state index contributed by atoms with van der Waals surface area (Å²) in [5.41, 5.74) is 4.67. The third kappa shape index (κ3) is 2.20. The molecule has 3 rings (SSSR count). The number of fused-ring (bicyclic) bond motifs is 1. The molecule has 3 heteroatoms. The zero-order valence-corrected chi connectivity index (χ0v) is 12.2. The molecule has 3 nitrogen and oxygen atoms in total. The van der Waals surface area contributed by atoms with Crippen LogP contribution >= 0.6 is 0 Å². The molecular weight excluding hydrogens is 246 g/mol. The Morgan fingerprint density at radius 3 is 2.75 bits per heavy atom. The van der Waals surface area contributed by atoms with Gasteiger partial charge in [-0.15, -0.1) is 0 Å². The Kier molecular flexibility index (Phi) is 3.26. The molecule has 0 unspecified atom stereocenters. The lowest BCUT2D eigenvalue weighted by molar-refractivity contribution is 0.684. The number of hydrogen-bond donors (Lipinski definition) is 0. The zero-order chi connectivity index (χ0) is 14.1. The summed E-state index contributed by atoms with van der Waals surface area (Å²) < 4.78 is 2.01. The van der Waals surface area contributed by atoms with E-state index in [2.05, 4.69) is 61.2 Å². The first-order chi connectivity index (χ1) is 9.69. The van der Waals surface area contributed by atoms with E-state index in [1.165, 1.54) is 16.5 Å². The van der Waals surface area contributed by atoms with Gasteiger partial charge in [-0.3, -0.25) is 9.67 Å². The summed E-state index contributed by atoms with van der Waals surface area (Å²) in [6.45, 7) is 7.40. The number of aryl methyl sites for hydroxylation is 1. The van der Waals surface area contributed by atoms with Crippen molar-refractivity contribution in [2.75, 3.05) is 0 Å². The highest BCUT2D eigenvalue weighted by molar-refractivity contribution is 5.83. The summed E-state index contributed by atoms with van der Waals surface area (Å²) in [6, 6.07) is 10.7. The Morgan fingerprint density at radius 1 is 1.15 bits per heavy atom. The van der Waals surface area contributed by atoms with Crippen LogP contribution in [0.1, 0.15) is 32.3 Å². The van der Waals surface area contributed by atoms with Crippen LogP contribution in [0.4, 0.5) is 0 Å². The molecule has 0 saturated heterocycles. The second-order valence-electron chi connectivity index (χ2n) is 5.36. The van der Waals surface area contributed by atoms with E-state index in [0.29, 0.717) is 5.92 Å². The first-order valence-electron chi connectivity index (χ1n) is 7.11. The van der Waals surface area contributed by atoms with Crippen molar-refractivity contribution in [3.05, 3.63) is 48.3 Å². The second kappa shape index (κ2) is 5.08. The minimum Gasteiger partial charge on any atom is -0.265 e. The normalized spacial score (nSPS) is 11.4. The SMILES string of the molecule is CCn1ncc2cc(-c3cc(C(C)C)ccn3)ccc21. The van der Waals surface area contributed by atoms with Crippen molar-refractivity contribution in [2.45, 2.75) is 33.2 Å². The number of aromatic nitrogens is 3. The van der Waals surface area contributed by atoms with Crippen LogP contribution in [0.5, 0.6) is 0 Å². The first-order valence-corrected chi connectivity index (χ1v) is 7.11. The third-order valence-corrected chi connectivity index (χ3v) is 3.69. The molecular formula is C17H19N3. The summed E-state index contributed by atoms with van der Waals surface area (Å²) in [7, 11) is 0. The van der Waals surface area contributed by atoms with Crippen molar-refractivity contribution in [1.29, 1.82) is 0 Å². The Morgan fingerprint density at radius 2 is 2.00 bits per heavy atom.